The minimum absolute atomic E-state index is 0.00729. The van der Waals surface area contributed by atoms with E-state index in [4.69, 9.17) is 10.5 Å². The van der Waals surface area contributed by atoms with Crippen LogP contribution in [-0.2, 0) is 9.53 Å². The summed E-state index contributed by atoms with van der Waals surface area (Å²) < 4.78 is 5.38. The Morgan fingerprint density at radius 3 is 2.43 bits per heavy atom. The minimum Gasteiger partial charge on any atom is -0.444 e. The summed E-state index contributed by atoms with van der Waals surface area (Å²) in [6, 6.07) is -0.132. The zero-order valence-corrected chi connectivity index (χ0v) is 13.9. The van der Waals surface area contributed by atoms with Gasteiger partial charge in [-0.2, -0.15) is 0 Å². The van der Waals surface area contributed by atoms with Crippen LogP contribution in [0.4, 0.5) is 4.79 Å². The van der Waals surface area contributed by atoms with Gasteiger partial charge in [-0.3, -0.25) is 4.79 Å². The van der Waals surface area contributed by atoms with Crippen LogP contribution in [0.5, 0.6) is 0 Å². The summed E-state index contributed by atoms with van der Waals surface area (Å²) in [5, 5.41) is 0. The molecule has 1 heterocycles. The Balaban J connectivity index is 2.69. The van der Waals surface area contributed by atoms with Crippen LogP contribution in [0.25, 0.3) is 0 Å². The summed E-state index contributed by atoms with van der Waals surface area (Å²) in [6.07, 6.45) is 0.471. The van der Waals surface area contributed by atoms with Crippen LogP contribution >= 0.6 is 0 Å². The van der Waals surface area contributed by atoms with E-state index in [1.807, 2.05) is 39.5 Å². The molecule has 0 spiro atoms. The summed E-state index contributed by atoms with van der Waals surface area (Å²) in [5.41, 5.74) is 5.28. The van der Waals surface area contributed by atoms with Gasteiger partial charge in [0.25, 0.3) is 0 Å². The average molecular weight is 299 g/mol. The second kappa shape index (κ2) is 7.11. The van der Waals surface area contributed by atoms with Gasteiger partial charge < -0.3 is 20.3 Å². The number of amides is 2. The standard InChI is InChI=1S/C15H29N3O3/c1-6-11(2)13(19)18-8-7-17(10-12(18)9-16)14(20)21-15(3,4)5/h11-12H,6-10,16H2,1-5H3. The quantitative estimate of drug-likeness (QED) is 0.855. The lowest BCUT2D eigenvalue weighted by molar-refractivity contribution is -0.139. The van der Waals surface area contributed by atoms with Gasteiger partial charge in [-0.05, 0) is 27.2 Å². The molecule has 0 aromatic carbocycles. The zero-order chi connectivity index (χ0) is 16.2. The SMILES string of the molecule is CCC(C)C(=O)N1CCN(C(=O)OC(C)(C)C)CC1CN. The van der Waals surface area contributed by atoms with Crippen LogP contribution in [0, 0.1) is 5.92 Å². The third kappa shape index (κ3) is 4.88. The molecule has 122 valence electrons. The number of carbonyl (C=O) groups excluding carboxylic acids is 2. The van der Waals surface area contributed by atoms with Crippen molar-refractivity contribution in [2.75, 3.05) is 26.2 Å². The number of hydrogen-bond donors (Lipinski definition) is 1. The van der Waals surface area contributed by atoms with Crippen molar-refractivity contribution < 1.29 is 14.3 Å². The normalized spacial score (nSPS) is 21.1. The molecule has 0 aromatic rings. The molecule has 1 saturated heterocycles. The Kier molecular flexibility index (Phi) is 6.01. The van der Waals surface area contributed by atoms with Gasteiger partial charge >= 0.3 is 6.09 Å². The van der Waals surface area contributed by atoms with Crippen molar-refractivity contribution in [3.63, 3.8) is 0 Å². The highest BCUT2D eigenvalue weighted by molar-refractivity contribution is 5.79. The lowest BCUT2D eigenvalue weighted by Gasteiger charge is -2.42. The fraction of sp³-hybridized carbons (Fsp3) is 0.867. The van der Waals surface area contributed by atoms with Crippen LogP contribution in [0.2, 0.25) is 0 Å². The molecule has 2 unspecified atom stereocenters. The second-order valence-corrected chi connectivity index (χ2v) is 6.66. The van der Waals surface area contributed by atoms with Crippen LogP contribution in [0.1, 0.15) is 41.0 Å². The Labute approximate surface area is 127 Å². The van der Waals surface area contributed by atoms with Crippen molar-refractivity contribution in [3.05, 3.63) is 0 Å². The van der Waals surface area contributed by atoms with E-state index in [0.717, 1.165) is 6.42 Å². The number of rotatable bonds is 3. The van der Waals surface area contributed by atoms with E-state index >= 15 is 0 Å². The van der Waals surface area contributed by atoms with E-state index in [-0.39, 0.29) is 24.0 Å². The summed E-state index contributed by atoms with van der Waals surface area (Å²) >= 11 is 0. The highest BCUT2D eigenvalue weighted by Gasteiger charge is 2.34. The number of hydrogen-bond acceptors (Lipinski definition) is 4. The summed E-state index contributed by atoms with van der Waals surface area (Å²) in [4.78, 5) is 27.9. The molecule has 1 aliphatic heterocycles. The fourth-order valence-corrected chi connectivity index (χ4v) is 2.30. The highest BCUT2D eigenvalue weighted by atomic mass is 16.6. The fourth-order valence-electron chi connectivity index (χ4n) is 2.30. The Morgan fingerprint density at radius 1 is 1.33 bits per heavy atom. The van der Waals surface area contributed by atoms with Gasteiger partial charge in [-0.1, -0.05) is 13.8 Å². The molecule has 0 bridgehead atoms. The lowest BCUT2D eigenvalue weighted by Crippen LogP contribution is -2.60. The molecular weight excluding hydrogens is 270 g/mol. The Morgan fingerprint density at radius 2 is 1.95 bits per heavy atom. The summed E-state index contributed by atoms with van der Waals surface area (Å²) in [5.74, 6) is 0.115. The van der Waals surface area contributed by atoms with E-state index in [2.05, 4.69) is 0 Å². The second-order valence-electron chi connectivity index (χ2n) is 6.66. The predicted molar refractivity (Wildman–Crippen MR) is 81.8 cm³/mol. The minimum atomic E-state index is -0.515. The molecule has 6 heteroatoms. The molecule has 21 heavy (non-hydrogen) atoms. The molecule has 0 saturated carbocycles. The lowest BCUT2D eigenvalue weighted by atomic mass is 10.0. The van der Waals surface area contributed by atoms with Crippen molar-refractivity contribution in [2.45, 2.75) is 52.7 Å². The zero-order valence-electron chi connectivity index (χ0n) is 13.9. The van der Waals surface area contributed by atoms with E-state index in [1.54, 1.807) is 4.90 Å². The number of nitrogens with zero attached hydrogens (tertiary/aromatic N) is 2. The molecule has 0 aliphatic carbocycles. The van der Waals surface area contributed by atoms with Crippen molar-refractivity contribution >= 4 is 12.0 Å². The van der Waals surface area contributed by atoms with Crippen molar-refractivity contribution in [1.29, 1.82) is 0 Å². The van der Waals surface area contributed by atoms with E-state index in [0.29, 0.717) is 26.2 Å². The van der Waals surface area contributed by atoms with Crippen LogP contribution in [-0.4, -0.2) is 59.6 Å². The largest absolute Gasteiger partial charge is 0.444 e. The van der Waals surface area contributed by atoms with Crippen molar-refractivity contribution in [3.8, 4) is 0 Å². The Bertz CT molecular complexity index is 379. The molecule has 6 nitrogen and oxygen atoms in total. The van der Waals surface area contributed by atoms with E-state index < -0.39 is 5.60 Å². The van der Waals surface area contributed by atoms with E-state index in [9.17, 15) is 9.59 Å². The maximum Gasteiger partial charge on any atom is 0.410 e. The number of nitrogens with two attached hydrogens (primary N) is 1. The first-order valence-corrected chi connectivity index (χ1v) is 7.68. The highest BCUT2D eigenvalue weighted by Crippen LogP contribution is 2.17. The topological polar surface area (TPSA) is 75.9 Å². The summed E-state index contributed by atoms with van der Waals surface area (Å²) in [7, 11) is 0. The number of carbonyl (C=O) groups is 2. The van der Waals surface area contributed by atoms with E-state index in [1.165, 1.54) is 0 Å². The molecule has 0 aromatic heterocycles. The first-order valence-electron chi connectivity index (χ1n) is 7.68. The first kappa shape index (κ1) is 17.8. The van der Waals surface area contributed by atoms with Crippen LogP contribution in [0.3, 0.4) is 0 Å². The molecule has 0 radical (unpaired) electrons. The monoisotopic (exact) mass is 299 g/mol. The van der Waals surface area contributed by atoms with Gasteiger partial charge in [-0.15, -0.1) is 0 Å². The smallest absolute Gasteiger partial charge is 0.410 e. The molecule has 2 atom stereocenters. The molecule has 2 amide bonds. The average Bonchev–Trinajstić information content (AvgIpc) is 2.43. The Hall–Kier alpha value is -1.30. The third-order valence-electron chi connectivity index (χ3n) is 3.72. The van der Waals surface area contributed by atoms with Gasteiger partial charge in [0, 0.05) is 32.1 Å². The van der Waals surface area contributed by atoms with Gasteiger partial charge in [0.15, 0.2) is 0 Å². The van der Waals surface area contributed by atoms with Gasteiger partial charge in [0.2, 0.25) is 5.91 Å². The molecule has 1 fully saturated rings. The molecule has 1 rings (SSSR count). The number of piperazine rings is 1. The predicted octanol–water partition coefficient (Wildman–Crippen LogP) is 1.44. The molecule has 2 N–H and O–H groups in total. The molecular formula is C15H29N3O3. The van der Waals surface area contributed by atoms with Crippen LogP contribution < -0.4 is 5.73 Å². The maximum atomic E-state index is 12.3. The van der Waals surface area contributed by atoms with Gasteiger partial charge in [0.05, 0.1) is 6.04 Å². The van der Waals surface area contributed by atoms with Crippen LogP contribution in [0.15, 0.2) is 0 Å². The number of ether oxygens (including phenoxy) is 1. The van der Waals surface area contributed by atoms with Gasteiger partial charge in [0.1, 0.15) is 5.60 Å². The first-order chi connectivity index (χ1) is 9.69. The molecule has 1 aliphatic rings. The third-order valence-corrected chi connectivity index (χ3v) is 3.72. The van der Waals surface area contributed by atoms with Crippen molar-refractivity contribution in [1.82, 2.24) is 9.80 Å². The van der Waals surface area contributed by atoms with Gasteiger partial charge in [-0.25, -0.2) is 4.79 Å². The summed E-state index contributed by atoms with van der Waals surface area (Å²) in [6.45, 7) is 11.2. The maximum absolute atomic E-state index is 12.3. The van der Waals surface area contributed by atoms with Crippen molar-refractivity contribution in [2.24, 2.45) is 11.7 Å².